The van der Waals surface area contributed by atoms with E-state index in [0.29, 0.717) is 0 Å². The zero-order valence-corrected chi connectivity index (χ0v) is 18.7. The summed E-state index contributed by atoms with van der Waals surface area (Å²) < 4.78 is 33.9. The van der Waals surface area contributed by atoms with Gasteiger partial charge in [0.15, 0.2) is 0 Å². The molecule has 0 saturated carbocycles. The van der Waals surface area contributed by atoms with Gasteiger partial charge < -0.3 is 4.74 Å². The predicted molar refractivity (Wildman–Crippen MR) is 116 cm³/mol. The van der Waals surface area contributed by atoms with Gasteiger partial charge in [-0.15, -0.1) is 0 Å². The Kier molecular flexibility index (Phi) is 5.66. The van der Waals surface area contributed by atoms with E-state index in [-0.39, 0.29) is 46.9 Å². The fourth-order valence-electron chi connectivity index (χ4n) is 3.85. The first-order chi connectivity index (χ1) is 15.6. The summed E-state index contributed by atoms with van der Waals surface area (Å²) in [4.78, 5) is 50.0. The Labute approximate surface area is 190 Å². The lowest BCUT2D eigenvalue weighted by atomic mass is 10.0. The van der Waals surface area contributed by atoms with Gasteiger partial charge in [-0.1, -0.05) is 6.07 Å². The van der Waals surface area contributed by atoms with Gasteiger partial charge in [0.1, 0.15) is 16.7 Å². The lowest BCUT2D eigenvalue weighted by Crippen LogP contribution is -2.54. The molecule has 1 unspecified atom stereocenters. The molecule has 0 radical (unpaired) electrons. The number of imide groups is 2. The highest BCUT2D eigenvalue weighted by molar-refractivity contribution is 7.92. The number of aryl methyl sites for hydroxylation is 1. The molecular formula is C22H21N3O7S. The van der Waals surface area contributed by atoms with Crippen LogP contribution in [-0.2, 0) is 19.6 Å². The van der Waals surface area contributed by atoms with Crippen LogP contribution in [0.25, 0.3) is 0 Å². The van der Waals surface area contributed by atoms with E-state index in [1.807, 2.05) is 6.92 Å². The van der Waals surface area contributed by atoms with Gasteiger partial charge in [0.2, 0.25) is 11.8 Å². The van der Waals surface area contributed by atoms with Crippen LogP contribution >= 0.6 is 0 Å². The smallest absolute Gasteiger partial charge is 0.265 e. The van der Waals surface area contributed by atoms with Crippen molar-refractivity contribution < 1.29 is 32.3 Å². The molecule has 11 heteroatoms. The summed E-state index contributed by atoms with van der Waals surface area (Å²) in [6.07, 6.45) is 0.0385. The fraction of sp³-hybridized carbons (Fsp3) is 0.273. The van der Waals surface area contributed by atoms with Crippen molar-refractivity contribution in [3.8, 4) is 5.75 Å². The number of ether oxygens (including phenoxy) is 1. The molecule has 2 N–H and O–H groups in total. The third-order valence-corrected chi connectivity index (χ3v) is 6.80. The second-order valence-electron chi connectivity index (χ2n) is 7.70. The normalized spacial score (nSPS) is 18.2. The molecule has 172 valence electrons. The standard InChI is InChI=1S/C22H21N3O7S/c1-3-32-17-10-12(2)4-8-18(17)33(30,31)24-13-5-6-14-15(11-13)22(29)25(21(14)28)16-7-9-19(26)23-20(16)27/h4-6,8,10-11,16,24H,3,7,9H2,1-2H3,(H,23,26,27). The van der Waals surface area contributed by atoms with Crippen molar-refractivity contribution in [2.24, 2.45) is 0 Å². The SMILES string of the molecule is CCOc1cc(C)ccc1S(=O)(=O)Nc1ccc2c(c1)C(=O)N(C1CCC(=O)NC1=O)C2=O. The summed E-state index contributed by atoms with van der Waals surface area (Å²) in [5.74, 6) is -2.38. The van der Waals surface area contributed by atoms with Crippen LogP contribution in [0, 0.1) is 6.92 Å². The molecule has 4 amide bonds. The first-order valence-corrected chi connectivity index (χ1v) is 11.7. The quantitative estimate of drug-likeness (QED) is 0.610. The van der Waals surface area contributed by atoms with E-state index in [4.69, 9.17) is 4.74 Å². The van der Waals surface area contributed by atoms with Gasteiger partial charge in [0.05, 0.1) is 17.7 Å². The second-order valence-corrected chi connectivity index (χ2v) is 9.35. The molecule has 1 atom stereocenters. The molecular weight excluding hydrogens is 450 g/mol. The van der Waals surface area contributed by atoms with Crippen LogP contribution in [0.1, 0.15) is 46.0 Å². The van der Waals surface area contributed by atoms with Crippen molar-refractivity contribution in [3.63, 3.8) is 0 Å². The van der Waals surface area contributed by atoms with Crippen molar-refractivity contribution in [2.75, 3.05) is 11.3 Å². The minimum atomic E-state index is -4.07. The van der Waals surface area contributed by atoms with Gasteiger partial charge in [0, 0.05) is 12.1 Å². The number of hydrogen-bond donors (Lipinski definition) is 2. The average Bonchev–Trinajstić information content (AvgIpc) is 2.98. The van der Waals surface area contributed by atoms with Gasteiger partial charge >= 0.3 is 0 Å². The molecule has 2 aliphatic heterocycles. The van der Waals surface area contributed by atoms with E-state index in [9.17, 15) is 27.6 Å². The molecule has 2 heterocycles. The summed E-state index contributed by atoms with van der Waals surface area (Å²) in [6.45, 7) is 3.82. The van der Waals surface area contributed by atoms with E-state index in [1.165, 1.54) is 24.3 Å². The number of nitrogens with one attached hydrogen (secondary N) is 2. The Morgan fingerprint density at radius 1 is 1.06 bits per heavy atom. The van der Waals surface area contributed by atoms with E-state index in [1.54, 1.807) is 19.1 Å². The summed E-state index contributed by atoms with van der Waals surface area (Å²) in [6, 6.07) is 7.53. The van der Waals surface area contributed by atoms with Crippen LogP contribution in [0.4, 0.5) is 5.69 Å². The van der Waals surface area contributed by atoms with E-state index in [2.05, 4.69) is 10.0 Å². The molecule has 2 aromatic rings. The predicted octanol–water partition coefficient (Wildman–Crippen LogP) is 1.60. The first kappa shape index (κ1) is 22.5. The lowest BCUT2D eigenvalue weighted by Gasteiger charge is -2.27. The van der Waals surface area contributed by atoms with Crippen molar-refractivity contribution in [1.82, 2.24) is 10.2 Å². The molecule has 0 aliphatic carbocycles. The number of sulfonamides is 1. The molecule has 0 aromatic heterocycles. The Bertz CT molecular complexity index is 1300. The molecule has 0 spiro atoms. The largest absolute Gasteiger partial charge is 0.492 e. The maximum atomic E-state index is 13.0. The van der Waals surface area contributed by atoms with Crippen LogP contribution in [0.5, 0.6) is 5.75 Å². The van der Waals surface area contributed by atoms with Crippen LogP contribution in [0.15, 0.2) is 41.3 Å². The van der Waals surface area contributed by atoms with Gasteiger partial charge in [-0.25, -0.2) is 8.42 Å². The minimum absolute atomic E-state index is 0.00752. The number of fused-ring (bicyclic) bond motifs is 1. The second kappa shape index (κ2) is 8.32. The monoisotopic (exact) mass is 471 g/mol. The number of piperidine rings is 1. The van der Waals surface area contributed by atoms with Crippen LogP contribution in [0.2, 0.25) is 0 Å². The molecule has 2 aromatic carbocycles. The molecule has 1 saturated heterocycles. The molecule has 0 bridgehead atoms. The van der Waals surface area contributed by atoms with Crippen LogP contribution in [-0.4, -0.2) is 49.6 Å². The van der Waals surface area contributed by atoms with Gasteiger partial charge in [-0.3, -0.25) is 34.1 Å². The number of nitrogens with zero attached hydrogens (tertiary/aromatic N) is 1. The van der Waals surface area contributed by atoms with Crippen molar-refractivity contribution in [1.29, 1.82) is 0 Å². The number of carbonyl (C=O) groups excluding carboxylic acids is 4. The summed E-state index contributed by atoms with van der Waals surface area (Å²) in [5, 5.41) is 2.13. The summed E-state index contributed by atoms with van der Waals surface area (Å²) >= 11 is 0. The highest BCUT2D eigenvalue weighted by Crippen LogP contribution is 2.31. The van der Waals surface area contributed by atoms with Gasteiger partial charge in [-0.05, 0) is 56.2 Å². The van der Waals surface area contributed by atoms with E-state index < -0.39 is 39.7 Å². The van der Waals surface area contributed by atoms with Crippen molar-refractivity contribution in [2.45, 2.75) is 37.6 Å². The molecule has 10 nitrogen and oxygen atoms in total. The molecule has 33 heavy (non-hydrogen) atoms. The molecule has 4 rings (SSSR count). The summed E-state index contributed by atoms with van der Waals surface area (Å²) in [5.41, 5.74) is 0.924. The number of rotatable bonds is 6. The third kappa shape index (κ3) is 4.07. The minimum Gasteiger partial charge on any atom is -0.492 e. The zero-order valence-electron chi connectivity index (χ0n) is 17.9. The average molecular weight is 471 g/mol. The van der Waals surface area contributed by atoms with Crippen LogP contribution in [0.3, 0.4) is 0 Å². The maximum Gasteiger partial charge on any atom is 0.265 e. The topological polar surface area (TPSA) is 139 Å². The van der Waals surface area contributed by atoms with Crippen LogP contribution < -0.4 is 14.8 Å². The number of amides is 4. The number of anilines is 1. The summed E-state index contributed by atoms with van der Waals surface area (Å²) in [7, 11) is -4.07. The zero-order chi connectivity index (χ0) is 23.9. The Morgan fingerprint density at radius 2 is 1.79 bits per heavy atom. The molecule has 1 fully saturated rings. The highest BCUT2D eigenvalue weighted by Gasteiger charge is 2.44. The Morgan fingerprint density at radius 3 is 2.48 bits per heavy atom. The molecule has 2 aliphatic rings. The number of hydrogen-bond acceptors (Lipinski definition) is 7. The lowest BCUT2D eigenvalue weighted by molar-refractivity contribution is -0.136. The van der Waals surface area contributed by atoms with E-state index in [0.717, 1.165) is 10.5 Å². The highest BCUT2D eigenvalue weighted by atomic mass is 32.2. The van der Waals surface area contributed by atoms with Crippen molar-refractivity contribution >= 4 is 39.3 Å². The maximum absolute atomic E-state index is 13.0. The van der Waals surface area contributed by atoms with Gasteiger partial charge in [-0.2, -0.15) is 0 Å². The number of carbonyl (C=O) groups is 4. The van der Waals surface area contributed by atoms with Gasteiger partial charge in [0.25, 0.3) is 21.8 Å². The van der Waals surface area contributed by atoms with Crippen molar-refractivity contribution in [3.05, 3.63) is 53.1 Å². The Balaban J connectivity index is 1.63. The fourth-order valence-corrected chi connectivity index (χ4v) is 5.03. The van der Waals surface area contributed by atoms with E-state index >= 15 is 0 Å². The third-order valence-electron chi connectivity index (χ3n) is 5.38. The first-order valence-electron chi connectivity index (χ1n) is 10.2. The Hall–Kier alpha value is -3.73. The number of benzene rings is 2.